The molecule has 0 bridgehead atoms. The van der Waals surface area contributed by atoms with Gasteiger partial charge in [0.05, 0.1) is 27.7 Å². The minimum atomic E-state index is -0.0814. The predicted molar refractivity (Wildman–Crippen MR) is 59.9 cm³/mol. The van der Waals surface area contributed by atoms with Crippen molar-refractivity contribution in [1.82, 2.24) is 5.32 Å². The first-order valence-corrected chi connectivity index (χ1v) is 5.06. The summed E-state index contributed by atoms with van der Waals surface area (Å²) in [6.45, 7) is 7.43. The first-order valence-electron chi connectivity index (χ1n) is 5.06. The van der Waals surface area contributed by atoms with Crippen molar-refractivity contribution in [3.8, 4) is 0 Å². The van der Waals surface area contributed by atoms with Crippen molar-refractivity contribution >= 4 is 5.91 Å². The quantitative estimate of drug-likeness (QED) is 0.419. The van der Waals surface area contributed by atoms with Crippen molar-refractivity contribution in [1.29, 1.82) is 0 Å². The van der Waals surface area contributed by atoms with Crippen LogP contribution in [0.1, 0.15) is 13.3 Å². The summed E-state index contributed by atoms with van der Waals surface area (Å²) < 4.78 is 0.972. The van der Waals surface area contributed by atoms with Crippen molar-refractivity contribution in [3.05, 3.63) is 12.7 Å². The minimum absolute atomic E-state index is 0. The number of quaternary nitrogens is 1. The van der Waals surface area contributed by atoms with Gasteiger partial charge in [-0.2, -0.15) is 0 Å². The second-order valence-corrected chi connectivity index (χ2v) is 4.86. The lowest BCUT2D eigenvalue weighted by molar-refractivity contribution is -0.870. The van der Waals surface area contributed by atoms with Crippen LogP contribution in [0, 0.1) is 5.92 Å². The van der Waals surface area contributed by atoms with Crippen LogP contribution in [-0.2, 0) is 4.79 Å². The molecule has 1 unspecified atom stereocenters. The van der Waals surface area contributed by atoms with E-state index in [1.54, 1.807) is 0 Å². The van der Waals surface area contributed by atoms with E-state index in [-0.39, 0.29) is 18.3 Å². The average Bonchev–Trinajstić information content (AvgIpc) is 2.09. The molecule has 1 N–H and O–H groups in total. The Morgan fingerprint density at radius 1 is 1.47 bits per heavy atom. The van der Waals surface area contributed by atoms with E-state index in [9.17, 15) is 4.79 Å². The summed E-state index contributed by atoms with van der Waals surface area (Å²) >= 11 is 0. The van der Waals surface area contributed by atoms with Gasteiger partial charge < -0.3 is 22.2 Å². The highest BCUT2D eigenvalue weighted by Crippen LogP contribution is 2.03. The molecular formula is C11H23ClN2O. The zero-order valence-electron chi connectivity index (χ0n) is 10.2. The molecule has 0 aromatic carbocycles. The summed E-state index contributed by atoms with van der Waals surface area (Å²) in [5.41, 5.74) is 0. The van der Waals surface area contributed by atoms with Gasteiger partial charge in [-0.05, 0) is 12.0 Å². The van der Waals surface area contributed by atoms with Gasteiger partial charge in [0.15, 0.2) is 0 Å². The lowest BCUT2D eigenvalue weighted by atomic mass is 10.1. The molecule has 0 radical (unpaired) electrons. The summed E-state index contributed by atoms with van der Waals surface area (Å²) in [5.74, 6) is 0.443. The van der Waals surface area contributed by atoms with Crippen molar-refractivity contribution in [2.45, 2.75) is 13.3 Å². The molecule has 0 saturated heterocycles. The van der Waals surface area contributed by atoms with Gasteiger partial charge in [0, 0.05) is 13.0 Å². The minimum Gasteiger partial charge on any atom is -1.00 e. The Bertz CT molecular complexity index is 199. The Hall–Kier alpha value is -0.540. The van der Waals surface area contributed by atoms with Crippen LogP contribution in [0.25, 0.3) is 0 Å². The van der Waals surface area contributed by atoms with Gasteiger partial charge in [0.1, 0.15) is 0 Å². The fourth-order valence-electron chi connectivity index (χ4n) is 1.06. The van der Waals surface area contributed by atoms with Crippen molar-refractivity contribution in [2.75, 3.05) is 34.2 Å². The monoisotopic (exact) mass is 234 g/mol. The van der Waals surface area contributed by atoms with Crippen LogP contribution in [-0.4, -0.2) is 44.6 Å². The third-order valence-electron chi connectivity index (χ3n) is 2.10. The van der Waals surface area contributed by atoms with E-state index in [0.29, 0.717) is 5.92 Å². The topological polar surface area (TPSA) is 29.1 Å². The maximum Gasteiger partial charge on any atom is 0.243 e. The molecular weight excluding hydrogens is 212 g/mol. The molecule has 4 heteroatoms. The van der Waals surface area contributed by atoms with Crippen LogP contribution in [0.3, 0.4) is 0 Å². The third-order valence-corrected chi connectivity index (χ3v) is 2.10. The van der Waals surface area contributed by atoms with E-state index in [4.69, 9.17) is 0 Å². The van der Waals surface area contributed by atoms with Crippen molar-refractivity contribution < 1.29 is 21.7 Å². The molecule has 1 amide bonds. The Kier molecular flexibility index (Phi) is 8.68. The number of amides is 1. The largest absolute Gasteiger partial charge is 1.00 e. The van der Waals surface area contributed by atoms with Crippen LogP contribution >= 0.6 is 0 Å². The zero-order valence-corrected chi connectivity index (χ0v) is 11.0. The number of hydrogen-bond donors (Lipinski definition) is 1. The number of nitrogens with zero attached hydrogens (tertiary/aromatic N) is 1. The van der Waals surface area contributed by atoms with Crippen LogP contribution in [0.2, 0.25) is 0 Å². The average molecular weight is 235 g/mol. The zero-order chi connectivity index (χ0) is 11.2. The number of carbonyl (C=O) groups is 1. The van der Waals surface area contributed by atoms with Gasteiger partial charge in [0.2, 0.25) is 5.91 Å². The maximum absolute atomic E-state index is 10.9. The maximum atomic E-state index is 10.9. The highest BCUT2D eigenvalue weighted by Gasteiger charge is 2.10. The van der Waals surface area contributed by atoms with Crippen LogP contribution in [0.4, 0.5) is 0 Å². The summed E-state index contributed by atoms with van der Waals surface area (Å²) in [6.07, 6.45) is 2.44. The molecule has 0 heterocycles. The highest BCUT2D eigenvalue weighted by atomic mass is 35.5. The molecule has 0 aromatic rings. The van der Waals surface area contributed by atoms with Crippen molar-refractivity contribution in [3.63, 3.8) is 0 Å². The SMILES string of the molecule is C=CC(=O)NCC(C)CC[N+](C)(C)C.[Cl-]. The molecule has 15 heavy (non-hydrogen) atoms. The molecule has 0 aromatic heterocycles. The number of hydrogen-bond acceptors (Lipinski definition) is 1. The molecule has 0 spiro atoms. The van der Waals surface area contributed by atoms with E-state index in [1.165, 1.54) is 6.08 Å². The molecule has 0 aliphatic carbocycles. The van der Waals surface area contributed by atoms with E-state index in [2.05, 4.69) is 40.0 Å². The standard InChI is InChI=1S/C11H22N2O.ClH/c1-6-11(14)12-9-10(2)7-8-13(3,4)5;/h6,10H,1,7-9H2,2-5H3;1H. The van der Waals surface area contributed by atoms with Crippen LogP contribution in [0.5, 0.6) is 0 Å². The molecule has 0 aliphatic heterocycles. The van der Waals surface area contributed by atoms with Gasteiger partial charge in [-0.25, -0.2) is 0 Å². The van der Waals surface area contributed by atoms with Gasteiger partial charge in [0.25, 0.3) is 0 Å². The highest BCUT2D eigenvalue weighted by molar-refractivity contribution is 5.86. The molecule has 90 valence electrons. The summed E-state index contributed by atoms with van der Waals surface area (Å²) in [4.78, 5) is 10.9. The number of nitrogens with one attached hydrogen (secondary N) is 1. The third kappa shape index (κ3) is 11.4. The Morgan fingerprint density at radius 3 is 2.40 bits per heavy atom. The molecule has 0 fully saturated rings. The summed E-state index contributed by atoms with van der Waals surface area (Å²) in [6, 6.07) is 0. The fraction of sp³-hybridized carbons (Fsp3) is 0.727. The van der Waals surface area contributed by atoms with E-state index in [0.717, 1.165) is 24.0 Å². The Morgan fingerprint density at radius 2 is 2.00 bits per heavy atom. The smallest absolute Gasteiger partial charge is 0.243 e. The van der Waals surface area contributed by atoms with Gasteiger partial charge in [-0.3, -0.25) is 4.79 Å². The van der Waals surface area contributed by atoms with Gasteiger partial charge in [-0.15, -0.1) is 0 Å². The van der Waals surface area contributed by atoms with Crippen molar-refractivity contribution in [2.24, 2.45) is 5.92 Å². The molecule has 1 atom stereocenters. The van der Waals surface area contributed by atoms with E-state index in [1.807, 2.05) is 0 Å². The molecule has 0 saturated carbocycles. The second-order valence-electron chi connectivity index (χ2n) is 4.86. The van der Waals surface area contributed by atoms with Gasteiger partial charge in [-0.1, -0.05) is 13.5 Å². The Balaban J connectivity index is 0. The Labute approximate surface area is 99.5 Å². The summed E-state index contributed by atoms with van der Waals surface area (Å²) in [7, 11) is 6.53. The fourth-order valence-corrected chi connectivity index (χ4v) is 1.06. The normalized spacial score (nSPS) is 12.5. The number of carbonyl (C=O) groups excluding carboxylic acids is 1. The first kappa shape index (κ1) is 16.9. The lowest BCUT2D eigenvalue weighted by Gasteiger charge is -2.25. The summed E-state index contributed by atoms with van der Waals surface area (Å²) in [5, 5.41) is 2.80. The first-order chi connectivity index (χ1) is 6.35. The van der Waals surface area contributed by atoms with Crippen LogP contribution in [0.15, 0.2) is 12.7 Å². The molecule has 3 nitrogen and oxygen atoms in total. The lowest BCUT2D eigenvalue weighted by Crippen LogP contribution is -3.00. The van der Waals surface area contributed by atoms with E-state index >= 15 is 0 Å². The number of rotatable bonds is 6. The molecule has 0 aliphatic rings. The predicted octanol–water partition coefficient (Wildman–Crippen LogP) is -1.97. The molecule has 0 rings (SSSR count). The number of halogens is 1. The second kappa shape index (κ2) is 7.71. The van der Waals surface area contributed by atoms with E-state index < -0.39 is 0 Å². The van der Waals surface area contributed by atoms with Gasteiger partial charge >= 0.3 is 0 Å². The van der Waals surface area contributed by atoms with Crippen LogP contribution < -0.4 is 17.7 Å².